The summed E-state index contributed by atoms with van der Waals surface area (Å²) in [4.78, 5) is 47.5. The molecular weight excluding hydrogens is 552 g/mol. The van der Waals surface area contributed by atoms with Crippen molar-refractivity contribution in [3.8, 4) is 0 Å². The molecule has 0 amide bonds. The highest BCUT2D eigenvalue weighted by Crippen LogP contribution is 2.19. The van der Waals surface area contributed by atoms with E-state index in [-0.39, 0.29) is 0 Å². The van der Waals surface area contributed by atoms with Crippen LogP contribution in [0.25, 0.3) is 5.65 Å². The number of aryl methyl sites for hydroxylation is 4. The van der Waals surface area contributed by atoms with Gasteiger partial charge in [0.2, 0.25) is 0 Å². The highest BCUT2D eigenvalue weighted by molar-refractivity contribution is 8.14. The Balaban J connectivity index is 0.000000304. The lowest BCUT2D eigenvalue weighted by molar-refractivity contribution is -0.134. The largest absolute Gasteiger partial charge is 0.478 e. The molecule has 0 saturated heterocycles. The fraction of sp³-hybridized carbons (Fsp3) is 0.214. The molecule has 1 aliphatic heterocycles. The topological polar surface area (TPSA) is 191 Å². The summed E-state index contributed by atoms with van der Waals surface area (Å²) in [6.07, 6.45) is 6.28. The molecule has 12 nitrogen and oxygen atoms in total. The average molecular weight is 583 g/mol. The number of imidazole rings is 1. The summed E-state index contributed by atoms with van der Waals surface area (Å²) in [5.74, 6) is -3.95. The van der Waals surface area contributed by atoms with Gasteiger partial charge in [-0.05, 0) is 62.1 Å². The van der Waals surface area contributed by atoms with Gasteiger partial charge in [0.15, 0.2) is 5.17 Å². The number of nitrogens with one attached hydrogen (secondary N) is 1. The van der Waals surface area contributed by atoms with Crippen LogP contribution in [0.2, 0.25) is 0 Å². The number of anilines is 1. The van der Waals surface area contributed by atoms with E-state index in [9.17, 15) is 19.2 Å². The second-order valence-corrected chi connectivity index (χ2v) is 9.54. The molecule has 0 unspecified atom stereocenters. The minimum atomic E-state index is -1.26. The first-order valence-electron chi connectivity index (χ1n) is 12.2. The Kier molecular flexibility index (Phi) is 12.8. The second kappa shape index (κ2) is 16.3. The summed E-state index contributed by atoms with van der Waals surface area (Å²) in [6.45, 7) is 5.17. The zero-order valence-corrected chi connectivity index (χ0v) is 23.2. The number of benzene rings is 1. The molecule has 0 spiro atoms. The monoisotopic (exact) mass is 582 g/mol. The Labute approximate surface area is 239 Å². The van der Waals surface area contributed by atoms with Crippen LogP contribution in [-0.4, -0.2) is 71.2 Å². The van der Waals surface area contributed by atoms with Crippen molar-refractivity contribution >= 4 is 52.1 Å². The molecule has 5 N–H and O–H groups in total. The molecule has 41 heavy (non-hydrogen) atoms. The van der Waals surface area contributed by atoms with Crippen LogP contribution in [0.15, 0.2) is 71.9 Å². The predicted molar refractivity (Wildman–Crippen MR) is 156 cm³/mol. The van der Waals surface area contributed by atoms with E-state index in [0.717, 1.165) is 41.6 Å². The van der Waals surface area contributed by atoms with Gasteiger partial charge in [-0.3, -0.25) is 4.99 Å². The normalized spacial score (nSPS) is 12.3. The minimum absolute atomic E-state index is 0.558. The SMILES string of the molecule is Cc1ccn2c(C)c(CCc3cccc(NC4=NCCS4)c3)nc2c1.O=C(O)/C=C/C(=O)O.O=C(O)/C=C/C(=O)O. The van der Waals surface area contributed by atoms with Crippen LogP contribution in [0.1, 0.15) is 22.5 Å². The van der Waals surface area contributed by atoms with Crippen molar-refractivity contribution in [1.82, 2.24) is 9.38 Å². The summed E-state index contributed by atoms with van der Waals surface area (Å²) in [7, 11) is 0. The number of thioether (sulfide) groups is 1. The number of aliphatic imine (C=N–C) groups is 1. The zero-order chi connectivity index (χ0) is 30.4. The minimum Gasteiger partial charge on any atom is -0.478 e. The number of carboxylic acids is 4. The van der Waals surface area contributed by atoms with Gasteiger partial charge in [0, 0.05) is 47.6 Å². The van der Waals surface area contributed by atoms with Gasteiger partial charge in [-0.15, -0.1) is 0 Å². The maximum absolute atomic E-state index is 9.55. The van der Waals surface area contributed by atoms with Crippen molar-refractivity contribution < 1.29 is 39.6 Å². The van der Waals surface area contributed by atoms with E-state index < -0.39 is 23.9 Å². The molecule has 1 aromatic carbocycles. The molecule has 13 heteroatoms. The molecular formula is C28H30N4O8S. The number of rotatable bonds is 8. The third-order valence-electron chi connectivity index (χ3n) is 5.27. The maximum atomic E-state index is 9.55. The fourth-order valence-electron chi connectivity index (χ4n) is 3.44. The number of carbonyl (C=O) groups is 4. The highest BCUT2D eigenvalue weighted by Gasteiger charge is 2.10. The lowest BCUT2D eigenvalue weighted by Gasteiger charge is -2.07. The van der Waals surface area contributed by atoms with Gasteiger partial charge in [-0.2, -0.15) is 0 Å². The molecule has 0 bridgehead atoms. The summed E-state index contributed by atoms with van der Waals surface area (Å²) in [5, 5.41) is 35.7. The molecule has 0 aliphatic carbocycles. The van der Waals surface area contributed by atoms with E-state index in [1.54, 1.807) is 11.8 Å². The summed E-state index contributed by atoms with van der Waals surface area (Å²) in [5.41, 5.74) is 7.14. The fourth-order valence-corrected chi connectivity index (χ4v) is 4.19. The van der Waals surface area contributed by atoms with E-state index >= 15 is 0 Å². The van der Waals surface area contributed by atoms with E-state index in [1.165, 1.54) is 22.5 Å². The summed E-state index contributed by atoms with van der Waals surface area (Å²) >= 11 is 1.78. The van der Waals surface area contributed by atoms with Crippen LogP contribution in [0.5, 0.6) is 0 Å². The Morgan fingerprint density at radius 2 is 1.51 bits per heavy atom. The number of aliphatic carboxylic acids is 4. The number of aromatic nitrogens is 2. The molecule has 0 saturated carbocycles. The molecule has 0 atom stereocenters. The smallest absolute Gasteiger partial charge is 0.328 e. The van der Waals surface area contributed by atoms with Gasteiger partial charge in [0.05, 0.1) is 12.2 Å². The number of hydrogen-bond donors (Lipinski definition) is 5. The number of carboxylic acid groups (broad SMARTS) is 4. The predicted octanol–water partition coefficient (Wildman–Crippen LogP) is 3.67. The lowest BCUT2D eigenvalue weighted by atomic mass is 10.1. The molecule has 1 aliphatic rings. The van der Waals surface area contributed by atoms with Gasteiger partial charge in [0.1, 0.15) is 5.65 Å². The van der Waals surface area contributed by atoms with Gasteiger partial charge in [-0.25, -0.2) is 24.2 Å². The number of pyridine rings is 1. The molecule has 0 radical (unpaired) electrons. The van der Waals surface area contributed by atoms with Crippen molar-refractivity contribution in [3.05, 3.63) is 89.4 Å². The van der Waals surface area contributed by atoms with Gasteiger partial charge < -0.3 is 30.1 Å². The van der Waals surface area contributed by atoms with E-state index in [4.69, 9.17) is 25.4 Å². The van der Waals surface area contributed by atoms with Crippen molar-refractivity contribution in [3.63, 3.8) is 0 Å². The van der Waals surface area contributed by atoms with Crippen molar-refractivity contribution in [1.29, 1.82) is 0 Å². The molecule has 2 aromatic heterocycles. The lowest BCUT2D eigenvalue weighted by Crippen LogP contribution is -2.05. The molecule has 3 aromatic rings. The van der Waals surface area contributed by atoms with E-state index in [0.29, 0.717) is 24.3 Å². The van der Waals surface area contributed by atoms with Crippen LogP contribution in [0.3, 0.4) is 0 Å². The van der Waals surface area contributed by atoms with Gasteiger partial charge in [0.25, 0.3) is 0 Å². The summed E-state index contributed by atoms with van der Waals surface area (Å²) < 4.78 is 2.18. The standard InChI is InChI=1S/C20H22N4S.2C4H4O4/c1-14-8-10-24-15(2)18(23-19(24)12-14)7-6-16-4-3-5-17(13-16)22-20-21-9-11-25-20;2*5-3(6)1-2-4(7)8/h3-5,8,10,12-13H,6-7,9,11H2,1-2H3,(H,21,22);2*1-2H,(H,5,6)(H,7,8)/b;2*2-1+. The first-order chi connectivity index (χ1) is 19.4. The van der Waals surface area contributed by atoms with E-state index in [1.807, 2.05) is 0 Å². The first-order valence-corrected chi connectivity index (χ1v) is 13.2. The van der Waals surface area contributed by atoms with Gasteiger partial charge >= 0.3 is 23.9 Å². The Morgan fingerprint density at radius 1 is 0.902 bits per heavy atom. The zero-order valence-electron chi connectivity index (χ0n) is 22.4. The average Bonchev–Trinajstić information content (AvgIpc) is 3.53. The number of fused-ring (bicyclic) bond motifs is 1. The second-order valence-electron chi connectivity index (χ2n) is 8.46. The van der Waals surface area contributed by atoms with Crippen molar-refractivity contribution in [2.45, 2.75) is 26.7 Å². The van der Waals surface area contributed by atoms with Crippen LogP contribution in [-0.2, 0) is 32.0 Å². The molecule has 4 rings (SSSR count). The summed E-state index contributed by atoms with van der Waals surface area (Å²) in [6, 6.07) is 12.9. The van der Waals surface area contributed by atoms with Crippen molar-refractivity contribution in [2.24, 2.45) is 4.99 Å². The Hall–Kier alpha value is -4.91. The quantitative estimate of drug-likeness (QED) is 0.244. The van der Waals surface area contributed by atoms with Crippen LogP contribution < -0.4 is 5.32 Å². The van der Waals surface area contributed by atoms with E-state index in [2.05, 4.69) is 71.2 Å². The number of hydrogen-bond acceptors (Lipinski definition) is 8. The van der Waals surface area contributed by atoms with Gasteiger partial charge in [-0.1, -0.05) is 23.9 Å². The molecule has 3 heterocycles. The number of amidine groups is 1. The third-order valence-corrected chi connectivity index (χ3v) is 6.16. The Bertz CT molecular complexity index is 1430. The van der Waals surface area contributed by atoms with Crippen LogP contribution >= 0.6 is 11.8 Å². The van der Waals surface area contributed by atoms with Crippen LogP contribution in [0, 0.1) is 13.8 Å². The molecule has 0 fully saturated rings. The Morgan fingerprint density at radius 3 is 2.05 bits per heavy atom. The highest BCUT2D eigenvalue weighted by atomic mass is 32.2. The number of nitrogens with zero attached hydrogens (tertiary/aromatic N) is 3. The maximum Gasteiger partial charge on any atom is 0.328 e. The third kappa shape index (κ3) is 12.2. The molecule has 216 valence electrons. The first kappa shape index (κ1) is 32.3. The van der Waals surface area contributed by atoms with Crippen LogP contribution in [0.4, 0.5) is 5.69 Å². The van der Waals surface area contributed by atoms with Crippen molar-refractivity contribution in [2.75, 3.05) is 17.6 Å².